The minimum atomic E-state index is -1.45. The van der Waals surface area contributed by atoms with Crippen LogP contribution in [0.3, 0.4) is 0 Å². The van der Waals surface area contributed by atoms with Crippen LogP contribution in [0.5, 0.6) is 11.5 Å². The summed E-state index contributed by atoms with van der Waals surface area (Å²) in [6.45, 7) is -0.295. The summed E-state index contributed by atoms with van der Waals surface area (Å²) in [5, 5.41) is 38.5. The van der Waals surface area contributed by atoms with Gasteiger partial charge < -0.3 is 39.4 Å². The van der Waals surface area contributed by atoms with E-state index in [0.29, 0.717) is 17.9 Å². The zero-order valence-corrected chi connectivity index (χ0v) is 13.7. The molecule has 5 atom stereocenters. The Balaban J connectivity index is 1.93. The first-order chi connectivity index (χ1) is 11.5. The van der Waals surface area contributed by atoms with Crippen LogP contribution in [-0.4, -0.2) is 78.6 Å². The highest BCUT2D eigenvalue weighted by molar-refractivity contribution is 5.38. The van der Waals surface area contributed by atoms with Crippen molar-refractivity contribution in [2.24, 2.45) is 0 Å². The second-order valence-corrected chi connectivity index (χ2v) is 5.54. The first-order valence-electron chi connectivity index (χ1n) is 7.64. The molecule has 8 nitrogen and oxygen atoms in total. The molecule has 0 radical (unpaired) electrons. The number of benzene rings is 1. The molecule has 0 aliphatic carbocycles. The van der Waals surface area contributed by atoms with E-state index >= 15 is 0 Å². The molecule has 4 N–H and O–H groups in total. The number of ether oxygens (including phenoxy) is 4. The molecule has 0 saturated carbocycles. The van der Waals surface area contributed by atoms with Crippen LogP contribution in [0.15, 0.2) is 18.2 Å². The van der Waals surface area contributed by atoms with Gasteiger partial charge in [-0.1, -0.05) is 0 Å². The van der Waals surface area contributed by atoms with Crippen molar-refractivity contribution in [1.29, 1.82) is 0 Å². The fourth-order valence-corrected chi connectivity index (χ4v) is 2.51. The van der Waals surface area contributed by atoms with Gasteiger partial charge in [-0.2, -0.15) is 0 Å². The normalized spacial score (nSPS) is 30.2. The largest absolute Gasteiger partial charge is 0.497 e. The molecule has 0 spiro atoms. The molecule has 1 aromatic rings. The third-order valence-corrected chi connectivity index (χ3v) is 3.93. The Hall–Kier alpha value is -1.42. The Bertz CT molecular complexity index is 499. The summed E-state index contributed by atoms with van der Waals surface area (Å²) in [5.74, 6) is 1.30. The van der Waals surface area contributed by atoms with Crippen LogP contribution >= 0.6 is 0 Å². The summed E-state index contributed by atoms with van der Waals surface area (Å²) < 4.78 is 21.1. The molecule has 2 rings (SSSR count). The summed E-state index contributed by atoms with van der Waals surface area (Å²) in [5.41, 5.74) is 0.899. The highest BCUT2D eigenvalue weighted by Crippen LogP contribution is 2.24. The maximum atomic E-state index is 9.90. The van der Waals surface area contributed by atoms with Crippen molar-refractivity contribution >= 4 is 0 Å². The fourth-order valence-electron chi connectivity index (χ4n) is 2.51. The van der Waals surface area contributed by atoms with Gasteiger partial charge in [0.05, 0.1) is 27.4 Å². The molecule has 0 amide bonds. The van der Waals surface area contributed by atoms with Crippen molar-refractivity contribution < 1.29 is 39.4 Å². The second kappa shape index (κ2) is 8.61. The van der Waals surface area contributed by atoms with E-state index in [-0.39, 0.29) is 6.61 Å². The van der Waals surface area contributed by atoms with Crippen molar-refractivity contribution in [2.75, 3.05) is 27.4 Å². The summed E-state index contributed by atoms with van der Waals surface area (Å²) in [4.78, 5) is 0. The van der Waals surface area contributed by atoms with E-state index in [2.05, 4.69) is 0 Å². The van der Waals surface area contributed by atoms with Gasteiger partial charge in [-0.15, -0.1) is 0 Å². The van der Waals surface area contributed by atoms with Gasteiger partial charge in [-0.25, -0.2) is 0 Å². The van der Waals surface area contributed by atoms with E-state index in [4.69, 9.17) is 24.1 Å². The van der Waals surface area contributed by atoms with Crippen LogP contribution in [-0.2, 0) is 15.9 Å². The first kappa shape index (κ1) is 18.9. The van der Waals surface area contributed by atoms with Crippen LogP contribution in [0.1, 0.15) is 5.56 Å². The van der Waals surface area contributed by atoms with E-state index < -0.39 is 37.3 Å². The molecular weight excluding hydrogens is 320 g/mol. The summed E-state index contributed by atoms with van der Waals surface area (Å²) in [7, 11) is 3.12. The molecule has 1 aliphatic heterocycles. The quantitative estimate of drug-likeness (QED) is 0.501. The fraction of sp³-hybridized carbons (Fsp3) is 0.625. The number of aliphatic hydroxyl groups excluding tert-OH is 4. The van der Waals surface area contributed by atoms with Crippen molar-refractivity contribution in [1.82, 2.24) is 0 Å². The Morgan fingerprint density at radius 3 is 2.12 bits per heavy atom. The SMILES string of the molecule is COc1cc(CCO[C@@H]2O[C@H](CO)[C@H](O)[C@H](O)[C@H]2O)cc(OC)c1. The van der Waals surface area contributed by atoms with Gasteiger partial charge in [0.25, 0.3) is 0 Å². The average molecular weight is 344 g/mol. The van der Waals surface area contributed by atoms with Crippen LogP contribution in [0.25, 0.3) is 0 Å². The van der Waals surface area contributed by atoms with E-state index in [9.17, 15) is 15.3 Å². The van der Waals surface area contributed by atoms with Gasteiger partial charge in [-0.3, -0.25) is 0 Å². The predicted octanol–water partition coefficient (Wildman–Crippen LogP) is -0.937. The smallest absolute Gasteiger partial charge is 0.186 e. The number of aliphatic hydroxyl groups is 4. The molecule has 8 heteroatoms. The predicted molar refractivity (Wildman–Crippen MR) is 83.0 cm³/mol. The molecule has 136 valence electrons. The maximum Gasteiger partial charge on any atom is 0.186 e. The lowest BCUT2D eigenvalue weighted by atomic mass is 9.99. The topological polar surface area (TPSA) is 118 Å². The molecule has 0 bridgehead atoms. The number of hydrogen-bond acceptors (Lipinski definition) is 8. The molecule has 0 aromatic heterocycles. The first-order valence-corrected chi connectivity index (χ1v) is 7.64. The highest BCUT2D eigenvalue weighted by Gasteiger charge is 2.43. The van der Waals surface area contributed by atoms with E-state index in [1.165, 1.54) is 0 Å². The van der Waals surface area contributed by atoms with Crippen molar-refractivity contribution in [2.45, 2.75) is 37.1 Å². The van der Waals surface area contributed by atoms with Gasteiger partial charge in [0.2, 0.25) is 0 Å². The van der Waals surface area contributed by atoms with Gasteiger partial charge in [0, 0.05) is 6.07 Å². The maximum absolute atomic E-state index is 9.90. The van der Waals surface area contributed by atoms with Crippen LogP contribution in [0.2, 0.25) is 0 Å². The van der Waals surface area contributed by atoms with E-state index in [1.807, 2.05) is 12.1 Å². The second-order valence-electron chi connectivity index (χ2n) is 5.54. The van der Waals surface area contributed by atoms with Crippen molar-refractivity contribution in [3.63, 3.8) is 0 Å². The third kappa shape index (κ3) is 4.35. The average Bonchev–Trinajstić information content (AvgIpc) is 2.61. The van der Waals surface area contributed by atoms with Gasteiger partial charge in [0.1, 0.15) is 35.9 Å². The lowest BCUT2D eigenvalue weighted by Crippen LogP contribution is -2.59. The minimum Gasteiger partial charge on any atom is -0.497 e. The van der Waals surface area contributed by atoms with Gasteiger partial charge in [0.15, 0.2) is 6.29 Å². The van der Waals surface area contributed by atoms with Crippen molar-refractivity contribution in [3.8, 4) is 11.5 Å². The number of methoxy groups -OCH3 is 2. The van der Waals surface area contributed by atoms with Gasteiger partial charge >= 0.3 is 0 Å². The van der Waals surface area contributed by atoms with Crippen LogP contribution in [0, 0.1) is 0 Å². The number of rotatable bonds is 7. The lowest BCUT2D eigenvalue weighted by molar-refractivity contribution is -0.300. The molecule has 24 heavy (non-hydrogen) atoms. The molecule has 1 aromatic carbocycles. The standard InChI is InChI=1S/C16H24O8/c1-21-10-5-9(6-11(7-10)22-2)3-4-23-16-15(20)14(19)13(18)12(8-17)24-16/h5-7,12-20H,3-4,8H2,1-2H3/t12-,13+,14+,15-,16-/m1/s1. The monoisotopic (exact) mass is 344 g/mol. The van der Waals surface area contributed by atoms with E-state index in [0.717, 1.165) is 5.56 Å². The molecule has 1 saturated heterocycles. The Labute approximate surface area is 140 Å². The Morgan fingerprint density at radius 2 is 1.58 bits per heavy atom. The Morgan fingerprint density at radius 1 is 0.958 bits per heavy atom. The molecule has 1 aliphatic rings. The molecule has 1 fully saturated rings. The zero-order valence-electron chi connectivity index (χ0n) is 13.7. The summed E-state index contributed by atoms with van der Waals surface area (Å²) in [6.07, 6.45) is -5.87. The summed E-state index contributed by atoms with van der Waals surface area (Å²) in [6, 6.07) is 5.42. The van der Waals surface area contributed by atoms with Crippen LogP contribution in [0.4, 0.5) is 0 Å². The summed E-state index contributed by atoms with van der Waals surface area (Å²) >= 11 is 0. The number of hydrogen-bond donors (Lipinski definition) is 4. The van der Waals surface area contributed by atoms with Gasteiger partial charge in [-0.05, 0) is 24.1 Å². The highest BCUT2D eigenvalue weighted by atomic mass is 16.7. The lowest BCUT2D eigenvalue weighted by Gasteiger charge is -2.39. The molecule has 0 unspecified atom stereocenters. The minimum absolute atomic E-state index is 0.193. The third-order valence-electron chi connectivity index (χ3n) is 3.93. The van der Waals surface area contributed by atoms with Crippen molar-refractivity contribution in [3.05, 3.63) is 23.8 Å². The molecular formula is C16H24O8. The zero-order chi connectivity index (χ0) is 17.7. The van der Waals surface area contributed by atoms with Crippen LogP contribution < -0.4 is 9.47 Å². The Kier molecular flexibility index (Phi) is 6.79. The van der Waals surface area contributed by atoms with E-state index in [1.54, 1.807) is 20.3 Å². The molecule has 1 heterocycles.